The van der Waals surface area contributed by atoms with Crippen molar-refractivity contribution in [1.82, 2.24) is 9.97 Å². The van der Waals surface area contributed by atoms with E-state index in [-0.39, 0.29) is 5.75 Å². The Labute approximate surface area is 74.0 Å². The number of aromatic nitrogens is 2. The molecule has 1 rings (SSSR count). The number of rotatable bonds is 3. The number of thioether (sulfide) groups is 1. The van der Waals surface area contributed by atoms with Crippen molar-refractivity contribution in [2.24, 2.45) is 0 Å². The summed E-state index contributed by atoms with van der Waals surface area (Å²) in [5.41, 5.74) is 0.767. The summed E-state index contributed by atoms with van der Waals surface area (Å²) in [6.07, 6.45) is 3.14. The second-order valence-electron chi connectivity index (χ2n) is 2.13. The summed E-state index contributed by atoms with van der Waals surface area (Å²) in [7, 11) is 0. The van der Waals surface area contributed by atoms with E-state index >= 15 is 0 Å². The molecule has 0 amide bonds. The third-order valence-corrected chi connectivity index (χ3v) is 2.23. The molecule has 0 aliphatic heterocycles. The molecule has 0 aromatic carbocycles. The van der Waals surface area contributed by atoms with Gasteiger partial charge >= 0.3 is 5.97 Å². The zero-order valence-corrected chi connectivity index (χ0v) is 7.34. The summed E-state index contributed by atoms with van der Waals surface area (Å²) in [6.45, 7) is 1.80. The van der Waals surface area contributed by atoms with Gasteiger partial charge in [-0.05, 0) is 6.92 Å². The van der Waals surface area contributed by atoms with E-state index in [0.29, 0.717) is 5.03 Å². The lowest BCUT2D eigenvalue weighted by atomic mass is 10.5. The molecule has 1 aromatic heterocycles. The zero-order valence-electron chi connectivity index (χ0n) is 6.52. The summed E-state index contributed by atoms with van der Waals surface area (Å²) < 4.78 is 0. The quantitative estimate of drug-likeness (QED) is 0.709. The molecule has 0 spiro atoms. The maximum absolute atomic E-state index is 10.2. The Bertz CT molecular complexity index is 290. The Morgan fingerprint density at radius 3 is 2.83 bits per heavy atom. The van der Waals surface area contributed by atoms with Crippen LogP contribution in [0, 0.1) is 6.92 Å². The highest BCUT2D eigenvalue weighted by molar-refractivity contribution is 7.99. The van der Waals surface area contributed by atoms with E-state index in [1.165, 1.54) is 11.8 Å². The van der Waals surface area contributed by atoms with E-state index in [0.717, 1.165) is 5.69 Å². The van der Waals surface area contributed by atoms with Crippen molar-refractivity contribution in [1.29, 1.82) is 0 Å². The Balaban J connectivity index is 2.63. The standard InChI is InChI=1S/C7H8N2O2S/c1-5-7(9-3-2-8-5)12-4-6(10)11/h2-3H,4H2,1H3,(H,10,11). The van der Waals surface area contributed by atoms with Gasteiger partial charge in [0.2, 0.25) is 0 Å². The van der Waals surface area contributed by atoms with Gasteiger partial charge < -0.3 is 5.11 Å². The minimum atomic E-state index is -0.843. The van der Waals surface area contributed by atoms with Gasteiger partial charge in [-0.15, -0.1) is 0 Å². The number of aliphatic carboxylic acids is 1. The molecule has 1 N–H and O–H groups in total. The number of aryl methyl sites for hydroxylation is 1. The van der Waals surface area contributed by atoms with Crippen LogP contribution in [-0.4, -0.2) is 26.8 Å². The van der Waals surface area contributed by atoms with Crippen LogP contribution in [-0.2, 0) is 4.79 Å². The normalized spacial score (nSPS) is 9.75. The molecule has 0 unspecified atom stereocenters. The highest BCUT2D eigenvalue weighted by Gasteiger charge is 2.03. The Kier molecular flexibility index (Phi) is 3.04. The molecule has 1 heterocycles. The van der Waals surface area contributed by atoms with Crippen molar-refractivity contribution in [3.63, 3.8) is 0 Å². The first kappa shape index (κ1) is 8.99. The first-order valence-electron chi connectivity index (χ1n) is 3.32. The molecule has 0 saturated carbocycles. The van der Waals surface area contributed by atoms with Gasteiger partial charge in [-0.3, -0.25) is 9.78 Å². The molecule has 0 fully saturated rings. The summed E-state index contributed by atoms with van der Waals surface area (Å²) in [5.74, 6) is -0.815. The largest absolute Gasteiger partial charge is 0.481 e. The molecule has 0 radical (unpaired) electrons. The first-order valence-corrected chi connectivity index (χ1v) is 4.31. The minimum Gasteiger partial charge on any atom is -0.481 e. The number of hydrogen-bond acceptors (Lipinski definition) is 4. The van der Waals surface area contributed by atoms with Crippen LogP contribution in [0.2, 0.25) is 0 Å². The molecule has 0 atom stereocenters. The van der Waals surface area contributed by atoms with Crippen molar-refractivity contribution >= 4 is 17.7 Å². The molecule has 64 valence electrons. The van der Waals surface area contributed by atoms with Gasteiger partial charge in [-0.25, -0.2) is 4.98 Å². The van der Waals surface area contributed by atoms with E-state index < -0.39 is 5.97 Å². The van der Waals surface area contributed by atoms with E-state index in [1.807, 2.05) is 0 Å². The van der Waals surface area contributed by atoms with Crippen LogP contribution in [0.3, 0.4) is 0 Å². The second-order valence-corrected chi connectivity index (χ2v) is 3.09. The van der Waals surface area contributed by atoms with Crippen LogP contribution in [0.5, 0.6) is 0 Å². The van der Waals surface area contributed by atoms with Crippen molar-refractivity contribution in [3.05, 3.63) is 18.1 Å². The third-order valence-electron chi connectivity index (χ3n) is 1.17. The Morgan fingerprint density at radius 1 is 1.58 bits per heavy atom. The van der Waals surface area contributed by atoms with Gasteiger partial charge in [0.15, 0.2) is 0 Å². The average Bonchev–Trinajstić information content (AvgIpc) is 2.03. The third kappa shape index (κ3) is 2.50. The van der Waals surface area contributed by atoms with E-state index in [2.05, 4.69) is 9.97 Å². The van der Waals surface area contributed by atoms with Crippen LogP contribution < -0.4 is 0 Å². The highest BCUT2D eigenvalue weighted by Crippen LogP contribution is 2.16. The number of nitrogens with zero attached hydrogens (tertiary/aromatic N) is 2. The van der Waals surface area contributed by atoms with E-state index in [1.54, 1.807) is 19.3 Å². The summed E-state index contributed by atoms with van der Waals surface area (Å²) in [6, 6.07) is 0. The second kappa shape index (κ2) is 4.06. The van der Waals surface area contributed by atoms with Gasteiger partial charge in [-0.1, -0.05) is 11.8 Å². The van der Waals surface area contributed by atoms with Gasteiger partial charge in [0.1, 0.15) is 5.03 Å². The number of carboxylic acid groups (broad SMARTS) is 1. The van der Waals surface area contributed by atoms with Crippen LogP contribution in [0.15, 0.2) is 17.4 Å². The lowest BCUT2D eigenvalue weighted by Crippen LogP contribution is -1.99. The lowest BCUT2D eigenvalue weighted by Gasteiger charge is -1.99. The monoisotopic (exact) mass is 184 g/mol. The molecule has 1 aromatic rings. The predicted molar refractivity (Wildman–Crippen MR) is 45.1 cm³/mol. The van der Waals surface area contributed by atoms with Crippen LogP contribution in [0.4, 0.5) is 0 Å². The molecular weight excluding hydrogens is 176 g/mol. The van der Waals surface area contributed by atoms with Crippen molar-refractivity contribution < 1.29 is 9.90 Å². The summed E-state index contributed by atoms with van der Waals surface area (Å²) in [4.78, 5) is 18.2. The van der Waals surface area contributed by atoms with Crippen LogP contribution in [0.1, 0.15) is 5.69 Å². The van der Waals surface area contributed by atoms with Crippen LogP contribution in [0.25, 0.3) is 0 Å². The molecule has 5 heteroatoms. The van der Waals surface area contributed by atoms with Crippen molar-refractivity contribution in [2.45, 2.75) is 11.9 Å². The first-order chi connectivity index (χ1) is 5.70. The molecular formula is C7H8N2O2S. The van der Waals surface area contributed by atoms with Gasteiger partial charge in [0, 0.05) is 12.4 Å². The fourth-order valence-electron chi connectivity index (χ4n) is 0.667. The SMILES string of the molecule is Cc1nccnc1SCC(=O)O. The Morgan fingerprint density at radius 2 is 2.25 bits per heavy atom. The van der Waals surface area contributed by atoms with E-state index in [9.17, 15) is 4.79 Å². The predicted octanol–water partition coefficient (Wildman–Crippen LogP) is 0.962. The molecule has 0 aliphatic rings. The van der Waals surface area contributed by atoms with Crippen LogP contribution >= 0.6 is 11.8 Å². The van der Waals surface area contributed by atoms with Gasteiger partial charge in [-0.2, -0.15) is 0 Å². The van der Waals surface area contributed by atoms with Gasteiger partial charge in [0.05, 0.1) is 11.4 Å². The van der Waals surface area contributed by atoms with E-state index in [4.69, 9.17) is 5.11 Å². The Hall–Kier alpha value is -1.10. The maximum Gasteiger partial charge on any atom is 0.313 e. The highest BCUT2D eigenvalue weighted by atomic mass is 32.2. The van der Waals surface area contributed by atoms with Crippen molar-refractivity contribution in [3.8, 4) is 0 Å². The average molecular weight is 184 g/mol. The smallest absolute Gasteiger partial charge is 0.313 e. The zero-order chi connectivity index (χ0) is 8.97. The summed E-state index contributed by atoms with van der Waals surface area (Å²) >= 11 is 1.18. The number of carbonyl (C=O) groups is 1. The maximum atomic E-state index is 10.2. The number of hydrogen-bond donors (Lipinski definition) is 1. The molecule has 0 saturated heterocycles. The molecule has 12 heavy (non-hydrogen) atoms. The van der Waals surface area contributed by atoms with Gasteiger partial charge in [0.25, 0.3) is 0 Å². The van der Waals surface area contributed by atoms with Crippen molar-refractivity contribution in [2.75, 3.05) is 5.75 Å². The lowest BCUT2D eigenvalue weighted by molar-refractivity contribution is -0.133. The minimum absolute atomic E-state index is 0.0273. The fourth-order valence-corrected chi connectivity index (χ4v) is 1.32. The number of carboxylic acids is 1. The fraction of sp³-hybridized carbons (Fsp3) is 0.286. The molecule has 4 nitrogen and oxygen atoms in total. The molecule has 0 bridgehead atoms. The summed E-state index contributed by atoms with van der Waals surface area (Å²) in [5, 5.41) is 9.08. The topological polar surface area (TPSA) is 63.1 Å². The molecule has 0 aliphatic carbocycles.